The second kappa shape index (κ2) is 8.17. The maximum absolute atomic E-state index is 13.5. The van der Waals surface area contributed by atoms with Crippen LogP contribution in [0.1, 0.15) is 19.3 Å². The second-order valence-corrected chi connectivity index (χ2v) is 6.34. The van der Waals surface area contributed by atoms with E-state index in [0.29, 0.717) is 43.0 Å². The number of methoxy groups -OCH3 is 1. The van der Waals surface area contributed by atoms with Gasteiger partial charge in [-0.15, -0.1) is 11.8 Å². The van der Waals surface area contributed by atoms with Crippen molar-refractivity contribution in [3.8, 4) is 0 Å². The van der Waals surface area contributed by atoms with E-state index in [4.69, 9.17) is 4.74 Å². The Kier molecular flexibility index (Phi) is 6.24. The van der Waals surface area contributed by atoms with Crippen molar-refractivity contribution in [2.45, 2.75) is 24.2 Å². The van der Waals surface area contributed by atoms with Crippen LogP contribution in [0.25, 0.3) is 0 Å². The van der Waals surface area contributed by atoms with Gasteiger partial charge in [0.05, 0.1) is 13.0 Å². The van der Waals surface area contributed by atoms with Crippen molar-refractivity contribution in [3.05, 3.63) is 30.1 Å². The number of carbonyl (C=O) groups excluding carboxylic acids is 2. The Hall–Kier alpha value is -1.56. The van der Waals surface area contributed by atoms with Gasteiger partial charge in [-0.05, 0) is 25.0 Å². The highest BCUT2D eigenvalue weighted by Crippen LogP contribution is 2.23. The first-order chi connectivity index (χ1) is 10.6. The van der Waals surface area contributed by atoms with E-state index < -0.39 is 0 Å². The molecule has 4 nitrogen and oxygen atoms in total. The summed E-state index contributed by atoms with van der Waals surface area (Å²) in [5.74, 6) is 0.0755. The van der Waals surface area contributed by atoms with Gasteiger partial charge in [-0.3, -0.25) is 9.59 Å². The molecule has 2 rings (SSSR count). The molecule has 1 aromatic rings. The number of rotatable bonds is 5. The number of hydrogen-bond acceptors (Lipinski definition) is 4. The Balaban J connectivity index is 1.72. The molecule has 0 unspecified atom stereocenters. The van der Waals surface area contributed by atoms with Crippen molar-refractivity contribution in [1.29, 1.82) is 0 Å². The van der Waals surface area contributed by atoms with E-state index >= 15 is 0 Å². The van der Waals surface area contributed by atoms with Crippen LogP contribution < -0.4 is 0 Å². The molecule has 1 fully saturated rings. The fourth-order valence-electron chi connectivity index (χ4n) is 2.50. The van der Waals surface area contributed by atoms with Gasteiger partial charge in [0.25, 0.3) is 0 Å². The summed E-state index contributed by atoms with van der Waals surface area (Å²) >= 11 is 1.35. The summed E-state index contributed by atoms with van der Waals surface area (Å²) in [5, 5.41) is 0. The van der Waals surface area contributed by atoms with Crippen LogP contribution in [-0.4, -0.2) is 42.7 Å². The minimum absolute atomic E-state index is 0.0622. The monoisotopic (exact) mass is 325 g/mol. The first kappa shape index (κ1) is 16.8. The van der Waals surface area contributed by atoms with E-state index in [1.54, 1.807) is 23.1 Å². The van der Waals surface area contributed by atoms with Gasteiger partial charge < -0.3 is 9.64 Å². The maximum Gasteiger partial charge on any atom is 0.308 e. The molecule has 120 valence electrons. The lowest BCUT2D eigenvalue weighted by molar-refractivity contribution is -0.148. The summed E-state index contributed by atoms with van der Waals surface area (Å²) in [6.07, 6.45) is 1.68. The standard InChI is InChI=1S/C16H20FNO3S/c1-21-16(20)12-6-9-18(10-7-12)15(19)8-11-22-14-5-3-2-4-13(14)17/h2-5,12H,6-11H2,1H3. The maximum atomic E-state index is 13.5. The number of amides is 1. The van der Waals surface area contributed by atoms with Crippen LogP contribution in [-0.2, 0) is 14.3 Å². The highest BCUT2D eigenvalue weighted by Gasteiger charge is 2.27. The average Bonchev–Trinajstić information content (AvgIpc) is 2.56. The highest BCUT2D eigenvalue weighted by molar-refractivity contribution is 7.99. The summed E-state index contributed by atoms with van der Waals surface area (Å²) in [6.45, 7) is 1.17. The number of esters is 1. The number of thioether (sulfide) groups is 1. The summed E-state index contributed by atoms with van der Waals surface area (Å²) in [6, 6.07) is 6.56. The quantitative estimate of drug-likeness (QED) is 0.617. The van der Waals surface area contributed by atoms with Gasteiger partial charge in [0.15, 0.2) is 0 Å². The van der Waals surface area contributed by atoms with Crippen LogP contribution in [0.15, 0.2) is 29.2 Å². The fourth-order valence-corrected chi connectivity index (χ4v) is 3.38. The molecule has 0 N–H and O–H groups in total. The zero-order valence-electron chi connectivity index (χ0n) is 12.6. The first-order valence-corrected chi connectivity index (χ1v) is 8.33. The van der Waals surface area contributed by atoms with E-state index in [2.05, 4.69) is 0 Å². The lowest BCUT2D eigenvalue weighted by atomic mass is 9.97. The Labute approximate surface area is 134 Å². The Morgan fingerprint density at radius 1 is 1.32 bits per heavy atom. The SMILES string of the molecule is COC(=O)C1CCN(C(=O)CCSc2ccccc2F)CC1. The molecule has 6 heteroatoms. The number of ether oxygens (including phenoxy) is 1. The van der Waals surface area contributed by atoms with E-state index in [9.17, 15) is 14.0 Å². The Bertz CT molecular complexity index is 530. The predicted molar refractivity (Wildman–Crippen MR) is 83.1 cm³/mol. The minimum atomic E-state index is -0.251. The number of piperidine rings is 1. The first-order valence-electron chi connectivity index (χ1n) is 7.34. The predicted octanol–water partition coefficient (Wildman–Crippen LogP) is 2.72. The molecule has 1 aromatic carbocycles. The number of nitrogens with zero attached hydrogens (tertiary/aromatic N) is 1. The van der Waals surface area contributed by atoms with Crippen LogP contribution in [0, 0.1) is 11.7 Å². The van der Waals surface area contributed by atoms with Gasteiger partial charge in [0.2, 0.25) is 5.91 Å². The van der Waals surface area contributed by atoms with Gasteiger partial charge in [-0.25, -0.2) is 4.39 Å². The number of halogens is 1. The summed E-state index contributed by atoms with van der Waals surface area (Å²) < 4.78 is 18.2. The van der Waals surface area contributed by atoms with Crippen LogP contribution in [0.2, 0.25) is 0 Å². The summed E-state index contributed by atoms with van der Waals surface area (Å²) in [4.78, 5) is 25.9. The van der Waals surface area contributed by atoms with Gasteiger partial charge in [-0.2, -0.15) is 0 Å². The third-order valence-corrected chi connectivity index (χ3v) is 4.84. The summed E-state index contributed by atoms with van der Waals surface area (Å²) in [5.41, 5.74) is 0. The second-order valence-electron chi connectivity index (χ2n) is 5.21. The van der Waals surface area contributed by atoms with E-state index in [1.165, 1.54) is 24.9 Å². The van der Waals surface area contributed by atoms with E-state index in [0.717, 1.165) is 0 Å². The lowest BCUT2D eigenvalue weighted by Gasteiger charge is -2.30. The van der Waals surface area contributed by atoms with E-state index in [1.807, 2.05) is 0 Å². The molecule has 22 heavy (non-hydrogen) atoms. The molecular formula is C16H20FNO3S. The topological polar surface area (TPSA) is 46.6 Å². The molecular weight excluding hydrogens is 305 g/mol. The number of likely N-dealkylation sites (tertiary alicyclic amines) is 1. The average molecular weight is 325 g/mol. The third-order valence-electron chi connectivity index (χ3n) is 3.79. The van der Waals surface area contributed by atoms with Gasteiger partial charge in [0.1, 0.15) is 5.82 Å². The molecule has 0 atom stereocenters. The molecule has 1 aliphatic rings. The van der Waals surface area contributed by atoms with E-state index in [-0.39, 0.29) is 23.6 Å². The zero-order chi connectivity index (χ0) is 15.9. The zero-order valence-corrected chi connectivity index (χ0v) is 13.4. The Morgan fingerprint density at radius 2 is 2.00 bits per heavy atom. The molecule has 0 radical (unpaired) electrons. The van der Waals surface area contributed by atoms with Gasteiger partial charge >= 0.3 is 5.97 Å². The number of benzene rings is 1. The number of carbonyl (C=O) groups is 2. The molecule has 0 saturated carbocycles. The smallest absolute Gasteiger partial charge is 0.308 e. The molecule has 0 aromatic heterocycles. The molecule has 0 bridgehead atoms. The highest BCUT2D eigenvalue weighted by atomic mass is 32.2. The van der Waals surface area contributed by atoms with Crippen molar-refractivity contribution in [2.75, 3.05) is 26.0 Å². The van der Waals surface area contributed by atoms with Crippen LogP contribution in [0.5, 0.6) is 0 Å². The molecule has 1 saturated heterocycles. The number of hydrogen-bond donors (Lipinski definition) is 0. The van der Waals surface area contributed by atoms with Crippen molar-refractivity contribution in [3.63, 3.8) is 0 Å². The van der Waals surface area contributed by atoms with Crippen LogP contribution in [0.4, 0.5) is 4.39 Å². The normalized spacial score (nSPS) is 15.6. The van der Waals surface area contributed by atoms with Crippen molar-refractivity contribution < 1.29 is 18.7 Å². The molecule has 1 heterocycles. The van der Waals surface area contributed by atoms with Gasteiger partial charge in [-0.1, -0.05) is 12.1 Å². The molecule has 1 aliphatic heterocycles. The van der Waals surface area contributed by atoms with Crippen LogP contribution >= 0.6 is 11.8 Å². The Morgan fingerprint density at radius 3 is 2.64 bits per heavy atom. The molecule has 0 spiro atoms. The third kappa shape index (κ3) is 4.47. The van der Waals surface area contributed by atoms with Crippen molar-refractivity contribution >= 4 is 23.6 Å². The molecule has 0 aliphatic carbocycles. The fraction of sp³-hybridized carbons (Fsp3) is 0.500. The van der Waals surface area contributed by atoms with Crippen LogP contribution in [0.3, 0.4) is 0 Å². The van der Waals surface area contributed by atoms with Crippen molar-refractivity contribution in [1.82, 2.24) is 4.90 Å². The molecule has 1 amide bonds. The minimum Gasteiger partial charge on any atom is -0.469 e. The largest absolute Gasteiger partial charge is 0.469 e. The summed E-state index contributed by atoms with van der Waals surface area (Å²) in [7, 11) is 1.39. The van der Waals surface area contributed by atoms with Crippen molar-refractivity contribution in [2.24, 2.45) is 5.92 Å². The lowest BCUT2D eigenvalue weighted by Crippen LogP contribution is -2.40. The van der Waals surface area contributed by atoms with Gasteiger partial charge in [0, 0.05) is 30.2 Å².